The zero-order chi connectivity index (χ0) is 12.2. The second-order valence-electron chi connectivity index (χ2n) is 5.64. The topological polar surface area (TPSA) is 27.3 Å². The van der Waals surface area contributed by atoms with Crippen LogP contribution in [0.4, 0.5) is 0 Å². The maximum atomic E-state index is 3.68. The van der Waals surface area contributed by atoms with Gasteiger partial charge in [-0.15, -0.1) is 36.6 Å². The molecule has 2 N–H and O–H groups in total. The summed E-state index contributed by atoms with van der Waals surface area (Å²) in [5.41, 5.74) is 1.95. The van der Waals surface area contributed by atoms with Crippen molar-refractivity contribution in [1.82, 2.24) is 15.5 Å². The van der Waals surface area contributed by atoms with Crippen LogP contribution in [-0.2, 0) is 0 Å². The largest absolute Gasteiger partial charge is 0.365 e. The summed E-state index contributed by atoms with van der Waals surface area (Å²) in [6.07, 6.45) is 9.21. The number of nitrogens with one attached hydrogen (secondary N) is 2. The molecule has 0 saturated carbocycles. The highest BCUT2D eigenvalue weighted by atomic mass is 35.5. The zero-order valence-electron chi connectivity index (χ0n) is 12.0. The molecule has 0 radical (unpaired) electrons. The minimum absolute atomic E-state index is 0. The summed E-state index contributed by atoms with van der Waals surface area (Å²) in [6.45, 7) is 5.06. The number of fused-ring (bicyclic) bond motifs is 1. The predicted octanol–water partition coefficient (Wildman–Crippen LogP) is 2.82. The second-order valence-corrected chi connectivity index (χ2v) is 6.85. The van der Waals surface area contributed by atoms with E-state index >= 15 is 0 Å². The Morgan fingerprint density at radius 1 is 1.20 bits per heavy atom. The van der Waals surface area contributed by atoms with Crippen molar-refractivity contribution in [1.29, 1.82) is 0 Å². The van der Waals surface area contributed by atoms with Gasteiger partial charge < -0.3 is 10.2 Å². The van der Waals surface area contributed by atoms with Gasteiger partial charge in [0.05, 0.1) is 0 Å². The van der Waals surface area contributed by atoms with E-state index in [0.717, 1.165) is 5.92 Å². The van der Waals surface area contributed by atoms with Gasteiger partial charge in [0.1, 0.15) is 5.50 Å². The SMILES string of the molecule is C1=C2NC(SCCN3CCCC3)NCC2CCC1.Cl.Cl. The van der Waals surface area contributed by atoms with Crippen molar-refractivity contribution in [2.24, 2.45) is 5.92 Å². The summed E-state index contributed by atoms with van der Waals surface area (Å²) >= 11 is 2.04. The molecule has 0 aromatic heterocycles. The van der Waals surface area contributed by atoms with Gasteiger partial charge in [0.25, 0.3) is 0 Å². The van der Waals surface area contributed by atoms with Crippen LogP contribution in [0.2, 0.25) is 0 Å². The van der Waals surface area contributed by atoms with Crippen LogP contribution in [0.25, 0.3) is 0 Å². The summed E-state index contributed by atoms with van der Waals surface area (Å²) < 4.78 is 0. The first-order valence-corrected chi connectivity index (χ1v) is 8.50. The lowest BCUT2D eigenvalue weighted by atomic mass is 9.91. The number of halogens is 2. The molecule has 0 bridgehead atoms. The van der Waals surface area contributed by atoms with E-state index < -0.39 is 0 Å². The third kappa shape index (κ3) is 4.99. The fourth-order valence-electron chi connectivity index (χ4n) is 3.19. The van der Waals surface area contributed by atoms with Crippen molar-refractivity contribution in [2.45, 2.75) is 37.6 Å². The number of hydrogen-bond acceptors (Lipinski definition) is 4. The molecule has 3 nitrogen and oxygen atoms in total. The molecule has 2 unspecified atom stereocenters. The number of thioether (sulfide) groups is 1. The van der Waals surface area contributed by atoms with Gasteiger partial charge in [-0.3, -0.25) is 5.32 Å². The van der Waals surface area contributed by atoms with Crippen LogP contribution in [0.1, 0.15) is 32.1 Å². The minimum atomic E-state index is 0. The number of nitrogens with zero attached hydrogens (tertiary/aromatic N) is 1. The minimum Gasteiger partial charge on any atom is -0.365 e. The van der Waals surface area contributed by atoms with Crippen LogP contribution >= 0.6 is 36.6 Å². The van der Waals surface area contributed by atoms with Crippen LogP contribution in [0.5, 0.6) is 0 Å². The monoisotopic (exact) mass is 339 g/mol. The molecule has 0 spiro atoms. The number of allylic oxidation sites excluding steroid dienone is 1. The van der Waals surface area contributed by atoms with Crippen molar-refractivity contribution < 1.29 is 0 Å². The van der Waals surface area contributed by atoms with E-state index in [0.29, 0.717) is 5.50 Å². The third-order valence-corrected chi connectivity index (χ3v) is 5.34. The van der Waals surface area contributed by atoms with Crippen molar-refractivity contribution in [3.63, 3.8) is 0 Å². The van der Waals surface area contributed by atoms with Crippen LogP contribution < -0.4 is 10.6 Å². The smallest absolute Gasteiger partial charge is 0.125 e. The van der Waals surface area contributed by atoms with E-state index in [1.807, 2.05) is 11.8 Å². The van der Waals surface area contributed by atoms with Gasteiger partial charge in [-0.25, -0.2) is 0 Å². The Kier molecular flexibility index (Phi) is 8.68. The molecule has 20 heavy (non-hydrogen) atoms. The van der Waals surface area contributed by atoms with Crippen molar-refractivity contribution >= 4 is 36.6 Å². The van der Waals surface area contributed by atoms with Crippen LogP contribution in [0.15, 0.2) is 11.8 Å². The van der Waals surface area contributed by atoms with Crippen LogP contribution in [0.3, 0.4) is 0 Å². The molecule has 2 heterocycles. The Balaban J connectivity index is 0.000001000. The summed E-state index contributed by atoms with van der Waals surface area (Å²) in [5.74, 6) is 2.00. The maximum absolute atomic E-state index is 3.68. The summed E-state index contributed by atoms with van der Waals surface area (Å²) in [4.78, 5) is 2.60. The van der Waals surface area contributed by atoms with Crippen molar-refractivity contribution in [3.05, 3.63) is 11.8 Å². The van der Waals surface area contributed by atoms with Crippen molar-refractivity contribution in [3.8, 4) is 0 Å². The number of hydrogen-bond donors (Lipinski definition) is 2. The van der Waals surface area contributed by atoms with E-state index in [1.54, 1.807) is 0 Å². The Morgan fingerprint density at radius 2 is 2.00 bits per heavy atom. The lowest BCUT2D eigenvalue weighted by molar-refractivity contribution is 0.358. The van der Waals surface area contributed by atoms with Gasteiger partial charge in [-0.1, -0.05) is 6.08 Å². The Hall–Kier alpha value is 0.390. The Morgan fingerprint density at radius 3 is 2.80 bits per heavy atom. The molecule has 6 heteroatoms. The molecule has 0 aromatic carbocycles. The average molecular weight is 340 g/mol. The highest BCUT2D eigenvalue weighted by Crippen LogP contribution is 2.27. The molecule has 118 valence electrons. The van der Waals surface area contributed by atoms with E-state index in [-0.39, 0.29) is 24.8 Å². The Labute approximate surface area is 139 Å². The van der Waals surface area contributed by atoms with E-state index in [9.17, 15) is 0 Å². The Bertz CT molecular complexity index is 309. The molecule has 3 rings (SSSR count). The first-order valence-electron chi connectivity index (χ1n) is 7.46. The first-order chi connectivity index (χ1) is 8.92. The highest BCUT2D eigenvalue weighted by molar-refractivity contribution is 7.99. The molecule has 2 saturated heterocycles. The quantitative estimate of drug-likeness (QED) is 0.823. The van der Waals surface area contributed by atoms with Crippen molar-refractivity contribution in [2.75, 3.05) is 31.9 Å². The van der Waals surface area contributed by atoms with Gasteiger partial charge in [0, 0.05) is 30.5 Å². The molecule has 0 aromatic rings. The predicted molar refractivity (Wildman–Crippen MR) is 93.0 cm³/mol. The molecule has 1 aliphatic carbocycles. The number of rotatable bonds is 4. The lowest BCUT2D eigenvalue weighted by Crippen LogP contribution is -2.50. The van der Waals surface area contributed by atoms with Gasteiger partial charge in [0.15, 0.2) is 0 Å². The second kappa shape index (κ2) is 9.42. The summed E-state index contributed by atoms with van der Waals surface area (Å²) in [5, 5.41) is 7.31. The average Bonchev–Trinajstić information content (AvgIpc) is 2.92. The summed E-state index contributed by atoms with van der Waals surface area (Å²) in [7, 11) is 0. The van der Waals surface area contributed by atoms with Gasteiger partial charge in [0.2, 0.25) is 0 Å². The standard InChI is InChI=1S/C14H25N3S.2ClH/c1-2-6-13-12(5-1)11-15-14(16-13)18-10-9-17-7-3-4-8-17;;/h6,12,14-16H,1-5,7-11H2;2*1H. The zero-order valence-corrected chi connectivity index (χ0v) is 14.4. The van der Waals surface area contributed by atoms with Crippen LogP contribution in [-0.4, -0.2) is 42.3 Å². The molecule has 2 aliphatic heterocycles. The normalized spacial score (nSPS) is 29.5. The van der Waals surface area contributed by atoms with E-state index in [2.05, 4.69) is 21.6 Å². The number of likely N-dealkylation sites (tertiary alicyclic amines) is 1. The van der Waals surface area contributed by atoms with E-state index in [1.165, 1.54) is 69.7 Å². The molecular weight excluding hydrogens is 313 g/mol. The first kappa shape index (κ1) is 18.4. The fourth-order valence-corrected chi connectivity index (χ4v) is 4.22. The lowest BCUT2D eigenvalue weighted by Gasteiger charge is -2.36. The van der Waals surface area contributed by atoms with Gasteiger partial charge in [-0.2, -0.15) is 0 Å². The van der Waals surface area contributed by atoms with Gasteiger partial charge >= 0.3 is 0 Å². The summed E-state index contributed by atoms with van der Waals surface area (Å²) in [6, 6.07) is 0. The molecule has 3 aliphatic rings. The molecule has 0 amide bonds. The third-order valence-electron chi connectivity index (χ3n) is 4.30. The molecule has 2 fully saturated rings. The highest BCUT2D eigenvalue weighted by Gasteiger charge is 2.25. The molecule has 2 atom stereocenters. The molecular formula is C14H27Cl2N3S. The van der Waals surface area contributed by atoms with Crippen LogP contribution in [0, 0.1) is 5.92 Å². The van der Waals surface area contributed by atoms with E-state index in [4.69, 9.17) is 0 Å². The fraction of sp³-hybridized carbons (Fsp3) is 0.857. The van der Waals surface area contributed by atoms with Gasteiger partial charge in [-0.05, 0) is 45.2 Å². The maximum Gasteiger partial charge on any atom is 0.125 e.